The summed E-state index contributed by atoms with van der Waals surface area (Å²) in [6.45, 7) is 0. The molecule has 5 nitrogen and oxygen atoms in total. The summed E-state index contributed by atoms with van der Waals surface area (Å²) in [5.74, 6) is -0.834. The minimum Gasteiger partial charge on any atom is -0.504 e. The van der Waals surface area contributed by atoms with Crippen LogP contribution in [0.15, 0.2) is 71.6 Å². The van der Waals surface area contributed by atoms with E-state index in [1.54, 1.807) is 18.2 Å². The molecule has 6 heteroatoms. The van der Waals surface area contributed by atoms with Gasteiger partial charge in [-0.1, -0.05) is 36.4 Å². The molecule has 0 bridgehead atoms. The van der Waals surface area contributed by atoms with E-state index in [0.29, 0.717) is 17.0 Å². The Morgan fingerprint density at radius 3 is 2.42 bits per heavy atom. The van der Waals surface area contributed by atoms with E-state index in [0.717, 1.165) is 35.3 Å². The predicted molar refractivity (Wildman–Crippen MR) is 122 cm³/mol. The number of carbonyl (C=O) groups is 2. The Morgan fingerprint density at radius 2 is 1.65 bits per heavy atom. The van der Waals surface area contributed by atoms with Crippen LogP contribution in [0.2, 0.25) is 0 Å². The van der Waals surface area contributed by atoms with Gasteiger partial charge in [0.25, 0.3) is 0 Å². The quantitative estimate of drug-likeness (QED) is 0.383. The highest BCUT2D eigenvalue weighted by Gasteiger charge is 2.33. The number of hydrogen-bond acceptors (Lipinski definition) is 5. The lowest BCUT2D eigenvalue weighted by Crippen LogP contribution is -2.34. The summed E-state index contributed by atoms with van der Waals surface area (Å²) in [5, 5.41) is 21.8. The van der Waals surface area contributed by atoms with Crippen molar-refractivity contribution in [2.45, 2.75) is 24.2 Å². The second-order valence-electron chi connectivity index (χ2n) is 7.59. The van der Waals surface area contributed by atoms with Crippen LogP contribution < -0.4 is 5.32 Å². The number of amides is 1. The lowest BCUT2D eigenvalue weighted by Gasteiger charge is -2.22. The largest absolute Gasteiger partial charge is 0.504 e. The molecule has 1 heterocycles. The van der Waals surface area contributed by atoms with Crippen LogP contribution in [-0.4, -0.2) is 27.7 Å². The summed E-state index contributed by atoms with van der Waals surface area (Å²) in [7, 11) is 0. The number of Topliss-reactive ketones (excluding diaryl/α,β-unsaturated/α-hetero) is 1. The lowest BCUT2D eigenvalue weighted by molar-refractivity contribution is -0.118. The maximum atomic E-state index is 12.7. The Morgan fingerprint density at radius 1 is 0.935 bits per heavy atom. The van der Waals surface area contributed by atoms with Crippen molar-refractivity contribution in [3.63, 3.8) is 0 Å². The number of phenolic OH excluding ortho intramolecular Hbond substituents is 2. The fourth-order valence-corrected chi connectivity index (χ4v) is 4.78. The third-order valence-electron chi connectivity index (χ3n) is 5.38. The second-order valence-corrected chi connectivity index (χ2v) is 8.65. The number of ketones is 1. The minimum atomic E-state index is -0.679. The van der Waals surface area contributed by atoms with E-state index >= 15 is 0 Å². The molecule has 0 saturated carbocycles. The Balaban J connectivity index is 1.31. The first-order valence-electron chi connectivity index (χ1n) is 10.2. The molecule has 3 aromatic rings. The molecule has 31 heavy (non-hydrogen) atoms. The molecule has 4 rings (SSSR count). The van der Waals surface area contributed by atoms with E-state index in [1.165, 1.54) is 17.8 Å². The SMILES string of the molecule is O=C(Nc1ccc(CCCc2ccc(O)c(O)c2)cc1)C1CSc2ccccc2C1=O. The van der Waals surface area contributed by atoms with Gasteiger partial charge in [0.05, 0.1) is 0 Å². The van der Waals surface area contributed by atoms with Gasteiger partial charge >= 0.3 is 0 Å². The molecule has 1 aliphatic heterocycles. The van der Waals surface area contributed by atoms with Crippen LogP contribution in [-0.2, 0) is 17.6 Å². The zero-order chi connectivity index (χ0) is 21.8. The van der Waals surface area contributed by atoms with E-state index < -0.39 is 5.92 Å². The highest BCUT2D eigenvalue weighted by atomic mass is 32.2. The number of anilines is 1. The first-order valence-corrected chi connectivity index (χ1v) is 11.2. The molecule has 0 radical (unpaired) electrons. The van der Waals surface area contributed by atoms with E-state index in [4.69, 9.17) is 0 Å². The Bertz CT molecular complexity index is 1110. The third kappa shape index (κ3) is 4.91. The van der Waals surface area contributed by atoms with Crippen LogP contribution in [0.1, 0.15) is 27.9 Å². The van der Waals surface area contributed by atoms with Gasteiger partial charge in [0.2, 0.25) is 5.91 Å². The number of rotatable bonds is 6. The fourth-order valence-electron chi connectivity index (χ4n) is 3.63. The highest BCUT2D eigenvalue weighted by Crippen LogP contribution is 2.33. The summed E-state index contributed by atoms with van der Waals surface area (Å²) < 4.78 is 0. The number of fused-ring (bicyclic) bond motifs is 1. The molecule has 3 N–H and O–H groups in total. The van der Waals surface area contributed by atoms with Gasteiger partial charge in [0, 0.05) is 21.9 Å². The number of carbonyl (C=O) groups excluding carboxylic acids is 2. The Labute approximate surface area is 185 Å². The Kier molecular flexibility index (Phi) is 6.28. The molecule has 1 unspecified atom stereocenters. The zero-order valence-corrected chi connectivity index (χ0v) is 17.7. The number of benzene rings is 3. The number of thioether (sulfide) groups is 1. The van der Waals surface area contributed by atoms with Crippen molar-refractivity contribution in [2.75, 3.05) is 11.1 Å². The number of phenols is 2. The highest BCUT2D eigenvalue weighted by molar-refractivity contribution is 7.99. The second kappa shape index (κ2) is 9.27. The van der Waals surface area contributed by atoms with Gasteiger partial charge in [-0.25, -0.2) is 0 Å². The van der Waals surface area contributed by atoms with Crippen LogP contribution in [0.4, 0.5) is 5.69 Å². The van der Waals surface area contributed by atoms with Gasteiger partial charge in [-0.15, -0.1) is 11.8 Å². The average Bonchev–Trinajstić information content (AvgIpc) is 2.78. The molecule has 0 fully saturated rings. The van der Waals surface area contributed by atoms with E-state index in [2.05, 4.69) is 5.32 Å². The summed E-state index contributed by atoms with van der Waals surface area (Å²) in [6.07, 6.45) is 2.53. The molecule has 0 spiro atoms. The molecule has 0 aromatic heterocycles. The number of nitrogens with one attached hydrogen (secondary N) is 1. The topological polar surface area (TPSA) is 86.6 Å². The van der Waals surface area contributed by atoms with Gasteiger partial charge in [0.15, 0.2) is 17.3 Å². The zero-order valence-electron chi connectivity index (χ0n) is 16.9. The summed E-state index contributed by atoms with van der Waals surface area (Å²) in [6, 6.07) is 19.9. The molecule has 0 aliphatic carbocycles. The predicted octanol–water partition coefficient (Wildman–Crippen LogP) is 4.82. The third-order valence-corrected chi connectivity index (χ3v) is 6.55. The normalized spacial score (nSPS) is 15.4. The van der Waals surface area contributed by atoms with Crippen LogP contribution in [0, 0.1) is 5.92 Å². The van der Waals surface area contributed by atoms with E-state index in [9.17, 15) is 19.8 Å². The molecule has 158 valence electrons. The van der Waals surface area contributed by atoms with Gasteiger partial charge in [0.1, 0.15) is 5.92 Å². The van der Waals surface area contributed by atoms with Crippen molar-refractivity contribution in [3.8, 4) is 11.5 Å². The summed E-state index contributed by atoms with van der Waals surface area (Å²) in [4.78, 5) is 26.3. The summed E-state index contributed by atoms with van der Waals surface area (Å²) >= 11 is 1.54. The average molecular weight is 434 g/mol. The first-order chi connectivity index (χ1) is 15.0. The molecular weight excluding hydrogens is 410 g/mol. The molecular formula is C25H23NO4S. The van der Waals surface area contributed by atoms with E-state index in [-0.39, 0.29) is 23.2 Å². The van der Waals surface area contributed by atoms with Crippen molar-refractivity contribution < 1.29 is 19.8 Å². The van der Waals surface area contributed by atoms with Gasteiger partial charge < -0.3 is 15.5 Å². The van der Waals surface area contributed by atoms with Crippen molar-refractivity contribution in [1.82, 2.24) is 0 Å². The van der Waals surface area contributed by atoms with Crippen LogP contribution >= 0.6 is 11.8 Å². The molecule has 0 saturated heterocycles. The summed E-state index contributed by atoms with van der Waals surface area (Å²) in [5.41, 5.74) is 3.40. The van der Waals surface area contributed by atoms with Crippen molar-refractivity contribution in [1.29, 1.82) is 0 Å². The smallest absolute Gasteiger partial charge is 0.236 e. The number of aryl methyl sites for hydroxylation is 2. The lowest BCUT2D eigenvalue weighted by atomic mass is 9.97. The van der Waals surface area contributed by atoms with Gasteiger partial charge in [-0.2, -0.15) is 0 Å². The Hall–Kier alpha value is -3.25. The number of aromatic hydroxyl groups is 2. The fraction of sp³-hybridized carbons (Fsp3) is 0.200. The van der Waals surface area contributed by atoms with Crippen LogP contribution in [0.3, 0.4) is 0 Å². The van der Waals surface area contributed by atoms with Crippen LogP contribution in [0.5, 0.6) is 11.5 Å². The molecule has 1 amide bonds. The molecule has 3 aromatic carbocycles. The van der Waals surface area contributed by atoms with E-state index in [1.807, 2.05) is 42.5 Å². The molecule has 1 atom stereocenters. The van der Waals surface area contributed by atoms with Crippen molar-refractivity contribution >= 4 is 29.1 Å². The van der Waals surface area contributed by atoms with Crippen molar-refractivity contribution in [2.24, 2.45) is 5.92 Å². The number of hydrogen-bond donors (Lipinski definition) is 3. The first kappa shape index (κ1) is 21.0. The maximum absolute atomic E-state index is 12.7. The monoisotopic (exact) mass is 433 g/mol. The minimum absolute atomic E-state index is 0.101. The van der Waals surface area contributed by atoms with Crippen LogP contribution in [0.25, 0.3) is 0 Å². The van der Waals surface area contributed by atoms with Crippen molar-refractivity contribution in [3.05, 3.63) is 83.4 Å². The van der Waals surface area contributed by atoms with Gasteiger partial charge in [-0.05, 0) is 60.7 Å². The maximum Gasteiger partial charge on any atom is 0.236 e. The van der Waals surface area contributed by atoms with Gasteiger partial charge in [-0.3, -0.25) is 9.59 Å². The molecule has 1 aliphatic rings. The standard InChI is InChI=1S/C25H23NO4S/c27-21-13-10-17(14-22(21)28)5-3-4-16-8-11-18(12-9-16)26-25(30)20-15-31-23-7-2-1-6-19(23)24(20)29/h1-2,6-14,20,27-28H,3-5,15H2,(H,26,30).